The van der Waals surface area contributed by atoms with Gasteiger partial charge in [0.2, 0.25) is 5.91 Å². The van der Waals surface area contributed by atoms with E-state index in [9.17, 15) is 9.18 Å². The third-order valence-electron chi connectivity index (χ3n) is 4.61. The van der Waals surface area contributed by atoms with Gasteiger partial charge in [-0.15, -0.1) is 11.3 Å². The van der Waals surface area contributed by atoms with Gasteiger partial charge in [0, 0.05) is 17.2 Å². The summed E-state index contributed by atoms with van der Waals surface area (Å²) in [7, 11) is 0. The average Bonchev–Trinajstić information content (AvgIpc) is 3.11. The van der Waals surface area contributed by atoms with Gasteiger partial charge in [0.25, 0.3) is 0 Å². The van der Waals surface area contributed by atoms with Crippen LogP contribution in [0, 0.1) is 5.82 Å². The van der Waals surface area contributed by atoms with Crippen molar-refractivity contribution in [3.63, 3.8) is 0 Å². The number of aromatic nitrogens is 1. The normalized spacial score (nSPS) is 20.3. The Labute approximate surface area is 144 Å². The predicted octanol–water partition coefficient (Wildman–Crippen LogP) is 3.44. The van der Waals surface area contributed by atoms with Crippen molar-refractivity contribution in [2.45, 2.75) is 44.1 Å². The number of carbonyl (C=O) groups excluding carboxylic acids is 1. The van der Waals surface area contributed by atoms with Crippen LogP contribution in [0.2, 0.25) is 0 Å². The molecule has 4 rings (SSSR count). The Balaban J connectivity index is 1.54. The molecule has 24 heavy (non-hydrogen) atoms. The summed E-state index contributed by atoms with van der Waals surface area (Å²) in [6.45, 7) is 0.891. The molecular formula is C18H20FN3OS. The number of anilines is 1. The van der Waals surface area contributed by atoms with E-state index < -0.39 is 0 Å². The number of thiazole rings is 1. The molecule has 4 nitrogen and oxygen atoms in total. The third-order valence-corrected chi connectivity index (χ3v) is 5.59. The smallest absolute Gasteiger partial charge is 0.243 e. The summed E-state index contributed by atoms with van der Waals surface area (Å²) >= 11 is 1.48. The van der Waals surface area contributed by atoms with Crippen molar-refractivity contribution < 1.29 is 9.18 Å². The molecule has 0 radical (unpaired) electrons. The van der Waals surface area contributed by atoms with Gasteiger partial charge in [-0.25, -0.2) is 9.37 Å². The summed E-state index contributed by atoms with van der Waals surface area (Å²) < 4.78 is 14.0. The van der Waals surface area contributed by atoms with Crippen molar-refractivity contribution >= 4 is 22.4 Å². The molecule has 1 saturated carbocycles. The number of nitrogens with one attached hydrogen (secondary N) is 2. The van der Waals surface area contributed by atoms with E-state index in [2.05, 4.69) is 15.6 Å². The van der Waals surface area contributed by atoms with Crippen LogP contribution in [0.5, 0.6) is 0 Å². The molecular weight excluding hydrogens is 325 g/mol. The molecule has 0 bridgehead atoms. The van der Waals surface area contributed by atoms with Crippen molar-refractivity contribution in [1.82, 2.24) is 10.3 Å². The molecule has 2 aromatic rings. The quantitative estimate of drug-likeness (QED) is 0.873. The van der Waals surface area contributed by atoms with Crippen LogP contribution >= 0.6 is 11.3 Å². The Morgan fingerprint density at radius 2 is 2.17 bits per heavy atom. The van der Waals surface area contributed by atoms with E-state index in [-0.39, 0.29) is 17.8 Å². The van der Waals surface area contributed by atoms with E-state index in [4.69, 9.17) is 0 Å². The summed E-state index contributed by atoms with van der Waals surface area (Å²) in [6, 6.07) is 6.74. The second-order valence-corrected chi connectivity index (χ2v) is 7.59. The molecule has 2 aliphatic rings. The summed E-state index contributed by atoms with van der Waals surface area (Å²) in [5.41, 5.74) is 1.72. The number of benzene rings is 1. The Morgan fingerprint density at radius 3 is 2.88 bits per heavy atom. The molecule has 1 atom stereocenters. The highest BCUT2D eigenvalue weighted by Crippen LogP contribution is 2.44. The van der Waals surface area contributed by atoms with Gasteiger partial charge in [0.05, 0.1) is 11.7 Å². The maximum Gasteiger partial charge on any atom is 0.243 e. The molecule has 1 aliphatic heterocycles. The summed E-state index contributed by atoms with van der Waals surface area (Å²) in [5.74, 6) is 0.271. The van der Waals surface area contributed by atoms with Crippen molar-refractivity contribution in [3.8, 4) is 0 Å². The van der Waals surface area contributed by atoms with Crippen LogP contribution in [-0.4, -0.2) is 23.5 Å². The Bertz CT molecular complexity index is 750. The number of halogens is 1. The van der Waals surface area contributed by atoms with E-state index in [0.717, 1.165) is 42.8 Å². The summed E-state index contributed by atoms with van der Waals surface area (Å²) in [4.78, 5) is 18.0. The lowest BCUT2D eigenvalue weighted by atomic mass is 10.1. The molecule has 2 fully saturated rings. The zero-order valence-corrected chi connectivity index (χ0v) is 14.2. The molecule has 1 aromatic heterocycles. The van der Waals surface area contributed by atoms with Crippen LogP contribution in [0.1, 0.15) is 47.7 Å². The van der Waals surface area contributed by atoms with E-state index in [0.29, 0.717) is 23.0 Å². The largest absolute Gasteiger partial charge is 0.306 e. The first-order valence-electron chi connectivity index (χ1n) is 8.48. The first-order chi connectivity index (χ1) is 11.7. The third kappa shape index (κ3) is 3.35. The SMILES string of the molecule is O=C(Nc1nc(C2CC2)c(Cc2ccccc2F)s1)C1CCCN1. The molecule has 1 aliphatic carbocycles. The molecule has 1 amide bonds. The van der Waals surface area contributed by atoms with Crippen LogP contribution in [0.4, 0.5) is 9.52 Å². The maximum absolute atomic E-state index is 14.0. The van der Waals surface area contributed by atoms with Crippen LogP contribution in [0.15, 0.2) is 24.3 Å². The highest BCUT2D eigenvalue weighted by molar-refractivity contribution is 7.15. The molecule has 2 heterocycles. The minimum atomic E-state index is -0.187. The molecule has 126 valence electrons. The van der Waals surface area contributed by atoms with Gasteiger partial charge in [0.15, 0.2) is 5.13 Å². The zero-order chi connectivity index (χ0) is 16.5. The Hall–Kier alpha value is -1.79. The number of rotatable bonds is 5. The fourth-order valence-electron chi connectivity index (χ4n) is 3.13. The van der Waals surface area contributed by atoms with Gasteiger partial charge in [-0.3, -0.25) is 4.79 Å². The predicted molar refractivity (Wildman–Crippen MR) is 92.9 cm³/mol. The van der Waals surface area contributed by atoms with Crippen LogP contribution in [-0.2, 0) is 11.2 Å². The fourth-order valence-corrected chi connectivity index (χ4v) is 4.21. The van der Waals surface area contributed by atoms with E-state index >= 15 is 0 Å². The van der Waals surface area contributed by atoms with Crippen molar-refractivity contribution in [2.75, 3.05) is 11.9 Å². The number of nitrogens with zero attached hydrogens (tertiary/aromatic N) is 1. The second-order valence-electron chi connectivity index (χ2n) is 6.51. The van der Waals surface area contributed by atoms with E-state index in [1.54, 1.807) is 6.07 Å². The first kappa shape index (κ1) is 15.7. The van der Waals surface area contributed by atoms with E-state index in [1.807, 2.05) is 12.1 Å². The van der Waals surface area contributed by atoms with Crippen LogP contribution in [0.25, 0.3) is 0 Å². The highest BCUT2D eigenvalue weighted by Gasteiger charge is 2.31. The van der Waals surface area contributed by atoms with Gasteiger partial charge in [-0.2, -0.15) is 0 Å². The fraction of sp³-hybridized carbons (Fsp3) is 0.444. The molecule has 0 spiro atoms. The van der Waals surface area contributed by atoms with Gasteiger partial charge in [0.1, 0.15) is 5.82 Å². The van der Waals surface area contributed by atoms with Gasteiger partial charge >= 0.3 is 0 Å². The highest BCUT2D eigenvalue weighted by atomic mass is 32.1. The Kier molecular flexibility index (Phi) is 4.33. The first-order valence-corrected chi connectivity index (χ1v) is 9.29. The van der Waals surface area contributed by atoms with Crippen LogP contribution in [0.3, 0.4) is 0 Å². The number of hydrogen-bond acceptors (Lipinski definition) is 4. The minimum Gasteiger partial charge on any atom is -0.306 e. The van der Waals surface area contributed by atoms with Gasteiger partial charge in [-0.1, -0.05) is 18.2 Å². The van der Waals surface area contributed by atoms with E-state index in [1.165, 1.54) is 17.4 Å². The lowest BCUT2D eigenvalue weighted by molar-refractivity contribution is -0.117. The molecule has 1 aromatic carbocycles. The topological polar surface area (TPSA) is 54.0 Å². The Morgan fingerprint density at radius 1 is 1.33 bits per heavy atom. The average molecular weight is 345 g/mol. The lowest BCUT2D eigenvalue weighted by Crippen LogP contribution is -2.35. The summed E-state index contributed by atoms with van der Waals surface area (Å²) in [6.07, 6.45) is 4.70. The van der Waals surface area contributed by atoms with Crippen molar-refractivity contribution in [3.05, 3.63) is 46.2 Å². The molecule has 1 unspecified atom stereocenters. The van der Waals surface area contributed by atoms with Crippen LogP contribution < -0.4 is 10.6 Å². The zero-order valence-electron chi connectivity index (χ0n) is 13.3. The molecule has 1 saturated heterocycles. The number of hydrogen-bond donors (Lipinski definition) is 2. The maximum atomic E-state index is 14.0. The van der Waals surface area contributed by atoms with Crippen molar-refractivity contribution in [1.29, 1.82) is 0 Å². The molecule has 2 N–H and O–H groups in total. The number of carbonyl (C=O) groups is 1. The van der Waals surface area contributed by atoms with Gasteiger partial charge in [-0.05, 0) is 43.9 Å². The van der Waals surface area contributed by atoms with Gasteiger partial charge < -0.3 is 10.6 Å². The minimum absolute atomic E-state index is 0.0129. The second kappa shape index (κ2) is 6.61. The molecule has 6 heteroatoms. The van der Waals surface area contributed by atoms with Crippen molar-refractivity contribution in [2.24, 2.45) is 0 Å². The number of amides is 1. The summed E-state index contributed by atoms with van der Waals surface area (Å²) in [5, 5.41) is 6.78. The lowest BCUT2D eigenvalue weighted by Gasteiger charge is -2.08. The monoisotopic (exact) mass is 345 g/mol. The standard InChI is InChI=1S/C18H20FN3OS/c19-13-5-2-1-4-12(13)10-15-16(11-7-8-11)21-18(24-15)22-17(23)14-6-3-9-20-14/h1-2,4-5,11,14,20H,3,6-10H2,(H,21,22,23).